The molecule has 11 heteroatoms. The molecule has 0 radical (unpaired) electrons. The molecule has 2 aromatic rings. The fourth-order valence-electron chi connectivity index (χ4n) is 4.39. The van der Waals surface area contributed by atoms with Gasteiger partial charge in [-0.1, -0.05) is 61.0 Å². The highest BCUT2D eigenvalue weighted by molar-refractivity contribution is 5.97. The molecule has 4 amide bonds. The Morgan fingerprint density at radius 1 is 1.02 bits per heavy atom. The molecule has 1 aromatic heterocycles. The van der Waals surface area contributed by atoms with Crippen LogP contribution in [0.3, 0.4) is 0 Å². The van der Waals surface area contributed by atoms with Gasteiger partial charge in [0.15, 0.2) is 11.5 Å². The Morgan fingerprint density at radius 2 is 1.73 bits per heavy atom. The van der Waals surface area contributed by atoms with Crippen LogP contribution >= 0.6 is 0 Å². The molecule has 2 heterocycles. The minimum atomic E-state index is -0.943. The molecule has 0 saturated heterocycles. The number of carbonyl (C=O) groups excluding carboxylic acids is 4. The van der Waals surface area contributed by atoms with Crippen LogP contribution in [0, 0.1) is 5.92 Å². The normalized spacial score (nSPS) is 21.7. The average Bonchev–Trinajstić information content (AvgIpc) is 3.39. The van der Waals surface area contributed by atoms with E-state index in [0.29, 0.717) is 38.4 Å². The lowest BCUT2D eigenvalue weighted by molar-refractivity contribution is -0.132. The van der Waals surface area contributed by atoms with Crippen LogP contribution in [-0.2, 0) is 27.3 Å². The summed E-state index contributed by atoms with van der Waals surface area (Å²) in [4.78, 5) is 54.7. The number of amides is 4. The van der Waals surface area contributed by atoms with Gasteiger partial charge in [0.1, 0.15) is 18.1 Å². The lowest BCUT2D eigenvalue weighted by atomic mass is 10.0. The minimum absolute atomic E-state index is 0.0523. The number of carbonyl (C=O) groups is 4. The van der Waals surface area contributed by atoms with Crippen molar-refractivity contribution in [3.05, 3.63) is 65.1 Å². The zero-order valence-electron chi connectivity index (χ0n) is 24.5. The number of rotatable bonds is 6. The molecule has 0 unspecified atom stereocenters. The number of hydrogen-bond acceptors (Lipinski definition) is 7. The second-order valence-electron chi connectivity index (χ2n) is 11.1. The Kier molecular flexibility index (Phi) is 11.6. The summed E-state index contributed by atoms with van der Waals surface area (Å²) >= 11 is 0. The van der Waals surface area contributed by atoms with Gasteiger partial charge >= 0.3 is 0 Å². The van der Waals surface area contributed by atoms with Crippen LogP contribution in [0.2, 0.25) is 0 Å². The molecule has 1 aliphatic rings. The van der Waals surface area contributed by atoms with Crippen LogP contribution in [0.25, 0.3) is 0 Å². The van der Waals surface area contributed by atoms with Crippen molar-refractivity contribution < 1.29 is 23.7 Å². The number of nitrogens with one attached hydrogen (secondary N) is 4. The molecular formula is C30H42N6O5. The smallest absolute Gasteiger partial charge is 0.274 e. The van der Waals surface area contributed by atoms with Gasteiger partial charge < -0.3 is 25.8 Å². The van der Waals surface area contributed by atoms with Gasteiger partial charge in [0.05, 0.1) is 6.54 Å². The largest absolute Gasteiger partial charge is 0.359 e. The van der Waals surface area contributed by atoms with E-state index >= 15 is 0 Å². The van der Waals surface area contributed by atoms with Crippen LogP contribution in [0.15, 0.2) is 52.6 Å². The van der Waals surface area contributed by atoms with Gasteiger partial charge in [-0.25, -0.2) is 0 Å². The van der Waals surface area contributed by atoms with Crippen LogP contribution < -0.4 is 21.3 Å². The highest BCUT2D eigenvalue weighted by Gasteiger charge is 2.30. The molecule has 3 rings (SSSR count). The van der Waals surface area contributed by atoms with E-state index in [4.69, 9.17) is 4.52 Å². The Balaban J connectivity index is 1.90. The van der Waals surface area contributed by atoms with Gasteiger partial charge in [0, 0.05) is 32.1 Å². The molecule has 222 valence electrons. The van der Waals surface area contributed by atoms with Gasteiger partial charge in [-0.2, -0.15) is 0 Å². The standard InChI is InChI=1S/C30H42N6O5/c1-19(2)11-13-36-14-12-31-28(38)25(16-22-9-7-6-8-10-22)34-29(39)24(15-20(3)4)33-27(37)21(5)32-30(40)26-17-23(18-36)41-35-26/h6-11,17,20-21,24-25H,12-16,18H2,1-5H3,(H,31,38)(H,32,40)(H,33,37)(H,34,39)/t21-,24-,25-/m1/s1. The van der Waals surface area contributed by atoms with Crippen LogP contribution in [0.1, 0.15) is 62.9 Å². The SMILES string of the molecule is CC(C)=CCN1CCNC(=O)[C@@H](Cc2ccccc2)NC(=O)[C@@H](CC(C)C)NC(=O)[C@@H](C)NC(=O)c2cc(on2)C1. The van der Waals surface area contributed by atoms with E-state index in [0.717, 1.165) is 11.1 Å². The molecule has 0 fully saturated rings. The number of fused-ring (bicyclic) bond motifs is 2. The maximum atomic E-state index is 13.5. The Hall–Kier alpha value is -3.99. The first-order valence-electron chi connectivity index (χ1n) is 14.1. The number of nitrogens with zero attached hydrogens (tertiary/aromatic N) is 2. The van der Waals surface area contributed by atoms with Crippen molar-refractivity contribution >= 4 is 23.6 Å². The van der Waals surface area contributed by atoms with E-state index in [1.165, 1.54) is 6.92 Å². The second-order valence-corrected chi connectivity index (χ2v) is 11.1. The van der Waals surface area contributed by atoms with Crippen molar-refractivity contribution in [1.82, 2.24) is 31.3 Å². The second kappa shape index (κ2) is 15.1. The third-order valence-corrected chi connectivity index (χ3v) is 6.65. The molecule has 2 bridgehead atoms. The average molecular weight is 567 g/mol. The van der Waals surface area contributed by atoms with E-state index in [9.17, 15) is 19.2 Å². The predicted molar refractivity (Wildman–Crippen MR) is 155 cm³/mol. The fraction of sp³-hybridized carbons (Fsp3) is 0.500. The Bertz CT molecular complexity index is 1220. The van der Waals surface area contributed by atoms with E-state index in [2.05, 4.69) is 37.4 Å². The maximum absolute atomic E-state index is 13.5. The van der Waals surface area contributed by atoms with Crippen LogP contribution in [0.4, 0.5) is 0 Å². The topological polar surface area (TPSA) is 146 Å². The molecule has 4 N–H and O–H groups in total. The highest BCUT2D eigenvalue weighted by Crippen LogP contribution is 2.11. The third-order valence-electron chi connectivity index (χ3n) is 6.65. The van der Waals surface area contributed by atoms with Crippen LogP contribution in [-0.4, -0.2) is 71.4 Å². The highest BCUT2D eigenvalue weighted by atomic mass is 16.5. The lowest BCUT2D eigenvalue weighted by Crippen LogP contribution is -2.57. The molecule has 0 saturated carbocycles. The van der Waals surface area contributed by atoms with E-state index < -0.39 is 35.8 Å². The summed E-state index contributed by atoms with van der Waals surface area (Å²) in [7, 11) is 0. The molecule has 0 spiro atoms. The number of allylic oxidation sites excluding steroid dienone is 1. The Labute approximate surface area is 241 Å². The minimum Gasteiger partial charge on any atom is -0.359 e. The predicted octanol–water partition coefficient (Wildman–Crippen LogP) is 1.95. The van der Waals surface area contributed by atoms with Crippen molar-refractivity contribution in [1.29, 1.82) is 0 Å². The molecule has 11 nitrogen and oxygen atoms in total. The quantitative estimate of drug-likeness (QED) is 0.391. The molecule has 3 atom stereocenters. The first-order valence-corrected chi connectivity index (χ1v) is 14.1. The van der Waals surface area contributed by atoms with Gasteiger partial charge in [0.2, 0.25) is 17.7 Å². The molecule has 1 aromatic carbocycles. The first-order chi connectivity index (χ1) is 19.5. The lowest BCUT2D eigenvalue weighted by Gasteiger charge is -2.26. The summed E-state index contributed by atoms with van der Waals surface area (Å²) in [6.45, 7) is 11.2. The van der Waals surface area contributed by atoms with Crippen LogP contribution in [0.5, 0.6) is 0 Å². The molecule has 1 aliphatic heterocycles. The summed E-state index contributed by atoms with van der Waals surface area (Å²) < 4.78 is 5.41. The van der Waals surface area contributed by atoms with Gasteiger partial charge in [-0.3, -0.25) is 24.1 Å². The van der Waals surface area contributed by atoms with Gasteiger partial charge in [-0.05, 0) is 38.7 Å². The van der Waals surface area contributed by atoms with Crippen molar-refractivity contribution in [2.45, 2.75) is 72.1 Å². The van der Waals surface area contributed by atoms with Crippen molar-refractivity contribution in [2.75, 3.05) is 19.6 Å². The van der Waals surface area contributed by atoms with Crippen molar-refractivity contribution in [3.8, 4) is 0 Å². The van der Waals surface area contributed by atoms with E-state index in [1.54, 1.807) is 6.07 Å². The monoisotopic (exact) mass is 566 g/mol. The summed E-state index contributed by atoms with van der Waals surface area (Å²) in [6, 6.07) is 8.29. The first kappa shape index (κ1) is 31.5. The van der Waals surface area contributed by atoms with Gasteiger partial charge in [0.25, 0.3) is 5.91 Å². The van der Waals surface area contributed by atoms with Gasteiger partial charge in [-0.15, -0.1) is 0 Å². The molecule has 41 heavy (non-hydrogen) atoms. The zero-order chi connectivity index (χ0) is 29.9. The summed E-state index contributed by atoms with van der Waals surface area (Å²) in [6.07, 6.45) is 2.70. The molecule has 0 aliphatic carbocycles. The zero-order valence-corrected chi connectivity index (χ0v) is 24.5. The van der Waals surface area contributed by atoms with E-state index in [1.807, 2.05) is 58.0 Å². The van der Waals surface area contributed by atoms with E-state index in [-0.39, 0.29) is 23.9 Å². The number of benzene rings is 1. The summed E-state index contributed by atoms with van der Waals surface area (Å²) in [5.74, 6) is -1.30. The number of hydrogen-bond donors (Lipinski definition) is 4. The number of aromatic nitrogens is 1. The molecular weight excluding hydrogens is 524 g/mol. The van der Waals surface area contributed by atoms with Crippen molar-refractivity contribution in [2.24, 2.45) is 5.92 Å². The maximum Gasteiger partial charge on any atom is 0.274 e. The fourth-order valence-corrected chi connectivity index (χ4v) is 4.39. The summed E-state index contributed by atoms with van der Waals surface area (Å²) in [5, 5.41) is 15.1. The third kappa shape index (κ3) is 10.2. The Morgan fingerprint density at radius 3 is 2.41 bits per heavy atom. The summed E-state index contributed by atoms with van der Waals surface area (Å²) in [5.41, 5.74) is 2.08. The van der Waals surface area contributed by atoms with Crippen molar-refractivity contribution in [3.63, 3.8) is 0 Å².